The van der Waals surface area contributed by atoms with Gasteiger partial charge in [-0.3, -0.25) is 4.79 Å². The van der Waals surface area contributed by atoms with Gasteiger partial charge in [-0.2, -0.15) is 0 Å². The molecule has 0 radical (unpaired) electrons. The van der Waals surface area contributed by atoms with Crippen molar-refractivity contribution in [1.82, 2.24) is 0 Å². The predicted molar refractivity (Wildman–Crippen MR) is 70.9 cm³/mol. The van der Waals surface area contributed by atoms with Crippen LogP contribution in [0.2, 0.25) is 0 Å². The molecule has 1 aliphatic heterocycles. The lowest BCUT2D eigenvalue weighted by molar-refractivity contribution is -0.141. The van der Waals surface area contributed by atoms with Crippen molar-refractivity contribution < 1.29 is 9.53 Å². The lowest BCUT2D eigenvalue weighted by atomic mass is 9.99. The molecule has 0 spiro atoms. The highest BCUT2D eigenvalue weighted by molar-refractivity contribution is 5.73. The predicted octanol–water partition coefficient (Wildman–Crippen LogP) is 4.47. The maximum atomic E-state index is 11.2. The maximum absolute atomic E-state index is 11.2. The number of rotatable bonds is 10. The van der Waals surface area contributed by atoms with Crippen LogP contribution in [0.15, 0.2) is 0 Å². The lowest BCUT2D eigenvalue weighted by Gasteiger charge is -2.05. The molecule has 0 N–H and O–H groups in total. The fraction of sp³-hybridized carbons (Fsp3) is 0.933. The third-order valence-corrected chi connectivity index (χ3v) is 3.70. The monoisotopic (exact) mass is 240 g/mol. The Morgan fingerprint density at radius 1 is 1.00 bits per heavy atom. The molecule has 1 atom stereocenters. The molecule has 1 fully saturated rings. The molecule has 0 aliphatic carbocycles. The van der Waals surface area contributed by atoms with Crippen LogP contribution in [0.1, 0.15) is 77.6 Å². The molecular weight excluding hydrogens is 212 g/mol. The second-order valence-corrected chi connectivity index (χ2v) is 5.27. The normalized spacial score (nSPS) is 19.6. The van der Waals surface area contributed by atoms with E-state index in [1.165, 1.54) is 57.8 Å². The zero-order valence-electron chi connectivity index (χ0n) is 11.4. The van der Waals surface area contributed by atoms with Gasteiger partial charge >= 0.3 is 5.97 Å². The fourth-order valence-electron chi connectivity index (χ4n) is 2.50. The van der Waals surface area contributed by atoms with E-state index in [1.54, 1.807) is 0 Å². The zero-order valence-corrected chi connectivity index (χ0v) is 11.4. The van der Waals surface area contributed by atoms with E-state index in [9.17, 15) is 4.79 Å². The van der Waals surface area contributed by atoms with Gasteiger partial charge in [-0.05, 0) is 12.8 Å². The van der Waals surface area contributed by atoms with E-state index in [0.29, 0.717) is 6.61 Å². The number of esters is 1. The van der Waals surface area contributed by atoms with Gasteiger partial charge in [0.25, 0.3) is 0 Å². The quantitative estimate of drug-likeness (QED) is 0.416. The molecule has 0 aromatic rings. The molecule has 2 nitrogen and oxygen atoms in total. The first-order chi connectivity index (χ1) is 8.34. The first kappa shape index (κ1) is 14.5. The average Bonchev–Trinajstić information content (AvgIpc) is 2.73. The fourth-order valence-corrected chi connectivity index (χ4v) is 2.50. The van der Waals surface area contributed by atoms with Crippen molar-refractivity contribution in [3.8, 4) is 0 Å². The summed E-state index contributed by atoms with van der Waals surface area (Å²) in [5.74, 6) is 0.268. The van der Waals surface area contributed by atoms with Crippen molar-refractivity contribution in [2.45, 2.75) is 77.6 Å². The number of cyclic esters (lactones) is 1. The van der Waals surface area contributed by atoms with Gasteiger partial charge < -0.3 is 4.74 Å². The van der Waals surface area contributed by atoms with Crippen LogP contribution in [0.25, 0.3) is 0 Å². The molecule has 1 saturated heterocycles. The van der Waals surface area contributed by atoms with Crippen LogP contribution in [-0.2, 0) is 9.53 Å². The third-order valence-electron chi connectivity index (χ3n) is 3.70. The largest absolute Gasteiger partial charge is 0.465 e. The highest BCUT2D eigenvalue weighted by Gasteiger charge is 2.25. The van der Waals surface area contributed by atoms with Crippen LogP contribution in [-0.4, -0.2) is 12.6 Å². The molecule has 0 aromatic carbocycles. The summed E-state index contributed by atoms with van der Waals surface area (Å²) in [5, 5.41) is 0. The molecule has 0 saturated carbocycles. The SMILES string of the molecule is CCCCCCCCCCC[C@H]1CCOC1=O. The average molecular weight is 240 g/mol. The summed E-state index contributed by atoms with van der Waals surface area (Å²) in [6.07, 6.45) is 14.1. The van der Waals surface area contributed by atoms with E-state index in [1.807, 2.05) is 0 Å². The number of unbranched alkanes of at least 4 members (excludes halogenated alkanes) is 8. The van der Waals surface area contributed by atoms with Gasteiger partial charge in [0, 0.05) is 0 Å². The van der Waals surface area contributed by atoms with Gasteiger partial charge in [-0.15, -0.1) is 0 Å². The van der Waals surface area contributed by atoms with Crippen molar-refractivity contribution in [2.75, 3.05) is 6.61 Å². The number of hydrogen-bond acceptors (Lipinski definition) is 2. The van der Waals surface area contributed by atoms with Gasteiger partial charge in [0.2, 0.25) is 0 Å². The van der Waals surface area contributed by atoms with Crippen molar-refractivity contribution in [3.05, 3.63) is 0 Å². The molecule has 1 rings (SSSR count). The molecule has 0 bridgehead atoms. The Bertz CT molecular complexity index is 201. The molecule has 2 heteroatoms. The summed E-state index contributed by atoms with van der Waals surface area (Å²) >= 11 is 0. The Morgan fingerprint density at radius 2 is 1.59 bits per heavy atom. The number of ether oxygens (including phenoxy) is 1. The van der Waals surface area contributed by atoms with E-state index in [4.69, 9.17) is 4.74 Å². The smallest absolute Gasteiger partial charge is 0.309 e. The van der Waals surface area contributed by atoms with E-state index in [0.717, 1.165) is 12.8 Å². The Labute approximate surface area is 106 Å². The minimum absolute atomic E-state index is 0.0459. The maximum Gasteiger partial charge on any atom is 0.309 e. The highest BCUT2D eigenvalue weighted by Crippen LogP contribution is 2.21. The van der Waals surface area contributed by atoms with E-state index in [-0.39, 0.29) is 11.9 Å². The Balaban J connectivity index is 1.80. The van der Waals surface area contributed by atoms with Gasteiger partial charge in [0.05, 0.1) is 12.5 Å². The topological polar surface area (TPSA) is 26.3 Å². The van der Waals surface area contributed by atoms with Crippen LogP contribution in [0, 0.1) is 5.92 Å². The first-order valence-electron chi connectivity index (χ1n) is 7.51. The van der Waals surface area contributed by atoms with Crippen LogP contribution < -0.4 is 0 Å². The standard InChI is InChI=1S/C15H28O2/c1-2-3-4-5-6-7-8-9-10-11-14-12-13-17-15(14)16/h14H,2-13H2,1H3/t14-/m0/s1. The van der Waals surface area contributed by atoms with Crippen LogP contribution in [0.4, 0.5) is 0 Å². The van der Waals surface area contributed by atoms with Gasteiger partial charge in [0.1, 0.15) is 0 Å². The number of hydrogen-bond donors (Lipinski definition) is 0. The van der Waals surface area contributed by atoms with Crippen molar-refractivity contribution >= 4 is 5.97 Å². The molecular formula is C15H28O2. The van der Waals surface area contributed by atoms with Crippen molar-refractivity contribution in [2.24, 2.45) is 5.92 Å². The molecule has 0 amide bonds. The van der Waals surface area contributed by atoms with Crippen LogP contribution in [0.5, 0.6) is 0 Å². The van der Waals surface area contributed by atoms with Gasteiger partial charge in [0.15, 0.2) is 0 Å². The minimum Gasteiger partial charge on any atom is -0.465 e. The second-order valence-electron chi connectivity index (χ2n) is 5.27. The van der Waals surface area contributed by atoms with Gasteiger partial charge in [-0.25, -0.2) is 0 Å². The molecule has 100 valence electrons. The van der Waals surface area contributed by atoms with Crippen LogP contribution in [0.3, 0.4) is 0 Å². The summed E-state index contributed by atoms with van der Waals surface area (Å²) in [5.41, 5.74) is 0. The highest BCUT2D eigenvalue weighted by atomic mass is 16.5. The molecule has 17 heavy (non-hydrogen) atoms. The third kappa shape index (κ3) is 6.70. The molecule has 1 aliphatic rings. The van der Waals surface area contributed by atoms with Crippen LogP contribution >= 0.6 is 0 Å². The van der Waals surface area contributed by atoms with Crippen molar-refractivity contribution in [3.63, 3.8) is 0 Å². The number of carbonyl (C=O) groups is 1. The van der Waals surface area contributed by atoms with E-state index in [2.05, 4.69) is 6.92 Å². The summed E-state index contributed by atoms with van der Waals surface area (Å²) in [4.78, 5) is 11.2. The Kier molecular flexibility index (Phi) is 8.12. The first-order valence-corrected chi connectivity index (χ1v) is 7.51. The number of carbonyl (C=O) groups excluding carboxylic acids is 1. The zero-order chi connectivity index (χ0) is 12.3. The summed E-state index contributed by atoms with van der Waals surface area (Å²) in [6, 6.07) is 0. The molecule has 0 aromatic heterocycles. The Hall–Kier alpha value is -0.530. The summed E-state index contributed by atoms with van der Waals surface area (Å²) in [6.45, 7) is 2.91. The summed E-state index contributed by atoms with van der Waals surface area (Å²) in [7, 11) is 0. The van der Waals surface area contributed by atoms with E-state index >= 15 is 0 Å². The minimum atomic E-state index is 0.0459. The summed E-state index contributed by atoms with van der Waals surface area (Å²) < 4.78 is 4.96. The Morgan fingerprint density at radius 3 is 2.12 bits per heavy atom. The van der Waals surface area contributed by atoms with E-state index < -0.39 is 0 Å². The van der Waals surface area contributed by atoms with Crippen molar-refractivity contribution in [1.29, 1.82) is 0 Å². The second kappa shape index (κ2) is 9.49. The lowest BCUT2D eigenvalue weighted by Crippen LogP contribution is -2.06. The van der Waals surface area contributed by atoms with Gasteiger partial charge in [-0.1, -0.05) is 64.7 Å². The molecule has 1 heterocycles. The molecule has 0 unspecified atom stereocenters.